The highest BCUT2D eigenvalue weighted by atomic mass is 79.9. The fraction of sp³-hybridized carbons (Fsp3) is 0.533. The number of nitrogens with two attached hydrogens (primary N) is 1. The number of hydrogen-bond acceptors (Lipinski definition) is 2. The van der Waals surface area contributed by atoms with Crippen LogP contribution in [0.1, 0.15) is 38.2 Å². The normalized spacial score (nSPS) is 18.5. The zero-order valence-corrected chi connectivity index (χ0v) is 12.9. The molecule has 1 aliphatic rings. The molecule has 1 aromatic carbocycles. The lowest BCUT2D eigenvalue weighted by molar-refractivity contribution is -0.121. The monoisotopic (exact) mass is 324 g/mol. The van der Waals surface area contributed by atoms with Crippen molar-refractivity contribution in [2.24, 2.45) is 5.73 Å². The fourth-order valence-corrected chi connectivity index (χ4v) is 3.02. The molecule has 0 bridgehead atoms. The zero-order chi connectivity index (χ0) is 13.9. The van der Waals surface area contributed by atoms with Gasteiger partial charge in [-0.15, -0.1) is 0 Å². The molecule has 3 nitrogen and oxygen atoms in total. The molecule has 4 heteroatoms. The van der Waals surface area contributed by atoms with Crippen LogP contribution in [-0.4, -0.2) is 18.5 Å². The van der Waals surface area contributed by atoms with Gasteiger partial charge < -0.3 is 11.1 Å². The van der Waals surface area contributed by atoms with Gasteiger partial charge in [0.05, 0.1) is 0 Å². The molecule has 19 heavy (non-hydrogen) atoms. The molecular weight excluding hydrogens is 304 g/mol. The van der Waals surface area contributed by atoms with Crippen molar-refractivity contribution in [3.05, 3.63) is 34.3 Å². The van der Waals surface area contributed by atoms with Crippen molar-refractivity contribution in [1.82, 2.24) is 5.32 Å². The molecule has 0 radical (unpaired) electrons. The van der Waals surface area contributed by atoms with E-state index < -0.39 is 0 Å². The maximum absolute atomic E-state index is 11.7. The van der Waals surface area contributed by atoms with Gasteiger partial charge in [0, 0.05) is 28.9 Å². The molecule has 1 aliphatic carbocycles. The fourth-order valence-electron chi connectivity index (χ4n) is 2.62. The van der Waals surface area contributed by atoms with Gasteiger partial charge >= 0.3 is 0 Å². The number of carbonyl (C=O) groups excluding carboxylic acids is 1. The summed E-state index contributed by atoms with van der Waals surface area (Å²) in [5.74, 6) is 0.0521. The standard InChI is InChI=1S/C15H21BrN2O/c1-11(17)8-14(19)18-10-15(6-3-7-15)12-4-2-5-13(16)9-12/h2,4-5,9,11H,3,6-8,10,17H2,1H3,(H,18,19). The molecule has 0 spiro atoms. The highest BCUT2D eigenvalue weighted by Gasteiger charge is 2.38. The van der Waals surface area contributed by atoms with Crippen LogP contribution in [0.4, 0.5) is 0 Å². The van der Waals surface area contributed by atoms with Crippen LogP contribution in [0.3, 0.4) is 0 Å². The maximum Gasteiger partial charge on any atom is 0.221 e. The Bertz CT molecular complexity index is 455. The quantitative estimate of drug-likeness (QED) is 0.875. The van der Waals surface area contributed by atoms with Crippen molar-refractivity contribution in [2.75, 3.05) is 6.54 Å². The van der Waals surface area contributed by atoms with Crippen molar-refractivity contribution >= 4 is 21.8 Å². The second-order valence-electron chi connectivity index (χ2n) is 5.60. The SMILES string of the molecule is CC(N)CC(=O)NCC1(c2cccc(Br)c2)CCC1. The molecule has 1 aromatic rings. The smallest absolute Gasteiger partial charge is 0.221 e. The largest absolute Gasteiger partial charge is 0.355 e. The highest BCUT2D eigenvalue weighted by Crippen LogP contribution is 2.43. The van der Waals surface area contributed by atoms with E-state index in [4.69, 9.17) is 5.73 Å². The third kappa shape index (κ3) is 3.57. The van der Waals surface area contributed by atoms with Crippen LogP contribution in [-0.2, 0) is 10.2 Å². The summed E-state index contributed by atoms with van der Waals surface area (Å²) in [5, 5.41) is 3.04. The van der Waals surface area contributed by atoms with Crippen molar-refractivity contribution < 1.29 is 4.79 Å². The van der Waals surface area contributed by atoms with Crippen LogP contribution >= 0.6 is 15.9 Å². The molecule has 0 aromatic heterocycles. The Hall–Kier alpha value is -0.870. The third-order valence-electron chi connectivity index (χ3n) is 3.88. The van der Waals surface area contributed by atoms with Crippen LogP contribution in [0.25, 0.3) is 0 Å². The second kappa shape index (κ2) is 6.06. The first-order valence-electron chi connectivity index (χ1n) is 6.80. The van der Waals surface area contributed by atoms with Crippen LogP contribution in [0.15, 0.2) is 28.7 Å². The van der Waals surface area contributed by atoms with Crippen LogP contribution in [0, 0.1) is 0 Å². The van der Waals surface area contributed by atoms with E-state index in [1.54, 1.807) is 0 Å². The molecule has 2 rings (SSSR count). The summed E-state index contributed by atoms with van der Waals surface area (Å²) in [6.45, 7) is 2.57. The van der Waals surface area contributed by atoms with E-state index in [0.29, 0.717) is 6.42 Å². The number of nitrogens with one attached hydrogen (secondary N) is 1. The van der Waals surface area contributed by atoms with Crippen LogP contribution < -0.4 is 11.1 Å². The second-order valence-corrected chi connectivity index (χ2v) is 6.52. The Kier molecular flexibility index (Phi) is 4.63. The Labute approximate surface area is 123 Å². The van der Waals surface area contributed by atoms with Crippen LogP contribution in [0.2, 0.25) is 0 Å². The number of rotatable bonds is 5. The number of benzene rings is 1. The zero-order valence-electron chi connectivity index (χ0n) is 11.3. The van der Waals surface area contributed by atoms with Gasteiger partial charge in [0.25, 0.3) is 0 Å². The molecule has 1 unspecified atom stereocenters. The Balaban J connectivity index is 2.01. The van der Waals surface area contributed by atoms with E-state index in [-0.39, 0.29) is 17.4 Å². The van der Waals surface area contributed by atoms with Gasteiger partial charge in [-0.3, -0.25) is 4.79 Å². The summed E-state index contributed by atoms with van der Waals surface area (Å²) < 4.78 is 1.10. The lowest BCUT2D eigenvalue weighted by Crippen LogP contribution is -2.46. The summed E-state index contributed by atoms with van der Waals surface area (Å²) in [6.07, 6.45) is 3.91. The van der Waals surface area contributed by atoms with Crippen molar-refractivity contribution in [1.29, 1.82) is 0 Å². The number of hydrogen-bond donors (Lipinski definition) is 2. The lowest BCUT2D eigenvalue weighted by Gasteiger charge is -2.42. The predicted octanol–water partition coefficient (Wildman–Crippen LogP) is 2.72. The summed E-state index contributed by atoms with van der Waals surface area (Å²) >= 11 is 3.52. The average Bonchev–Trinajstić information content (AvgIpc) is 2.26. The summed E-state index contributed by atoms with van der Waals surface area (Å²) in [5.41, 5.74) is 7.08. The Morgan fingerprint density at radius 3 is 2.79 bits per heavy atom. The van der Waals surface area contributed by atoms with Gasteiger partial charge in [0.2, 0.25) is 5.91 Å². The minimum absolute atomic E-state index is 0.0521. The van der Waals surface area contributed by atoms with E-state index in [1.165, 1.54) is 12.0 Å². The molecule has 1 amide bonds. The molecule has 1 saturated carbocycles. The molecule has 1 fully saturated rings. The number of halogens is 1. The molecule has 3 N–H and O–H groups in total. The molecular formula is C15H21BrN2O. The minimum atomic E-state index is -0.0804. The lowest BCUT2D eigenvalue weighted by atomic mass is 9.64. The molecule has 0 saturated heterocycles. The average molecular weight is 325 g/mol. The molecule has 0 aliphatic heterocycles. The first-order chi connectivity index (χ1) is 9.02. The van der Waals surface area contributed by atoms with Crippen molar-refractivity contribution in [2.45, 2.75) is 44.1 Å². The van der Waals surface area contributed by atoms with Crippen LogP contribution in [0.5, 0.6) is 0 Å². The van der Waals surface area contributed by atoms with E-state index >= 15 is 0 Å². The van der Waals surface area contributed by atoms with E-state index in [1.807, 2.05) is 13.0 Å². The van der Waals surface area contributed by atoms with Crippen molar-refractivity contribution in [3.8, 4) is 0 Å². The number of carbonyl (C=O) groups is 1. The first kappa shape index (κ1) is 14.5. The van der Waals surface area contributed by atoms with Gasteiger partial charge in [-0.2, -0.15) is 0 Å². The highest BCUT2D eigenvalue weighted by molar-refractivity contribution is 9.10. The van der Waals surface area contributed by atoms with Crippen molar-refractivity contribution in [3.63, 3.8) is 0 Å². The van der Waals surface area contributed by atoms with E-state index in [9.17, 15) is 4.79 Å². The predicted molar refractivity (Wildman–Crippen MR) is 80.9 cm³/mol. The third-order valence-corrected chi connectivity index (χ3v) is 4.37. The van der Waals surface area contributed by atoms with Gasteiger partial charge in [-0.05, 0) is 37.5 Å². The Morgan fingerprint density at radius 2 is 2.26 bits per heavy atom. The molecule has 104 valence electrons. The van der Waals surface area contributed by atoms with Gasteiger partial charge in [0.15, 0.2) is 0 Å². The Morgan fingerprint density at radius 1 is 1.53 bits per heavy atom. The number of amides is 1. The molecule has 0 heterocycles. The van der Waals surface area contributed by atoms with E-state index in [0.717, 1.165) is 23.9 Å². The summed E-state index contributed by atoms with van der Waals surface area (Å²) in [7, 11) is 0. The van der Waals surface area contributed by atoms with E-state index in [2.05, 4.69) is 39.4 Å². The summed E-state index contributed by atoms with van der Waals surface area (Å²) in [6, 6.07) is 8.33. The van der Waals surface area contributed by atoms with Gasteiger partial charge in [-0.25, -0.2) is 0 Å². The first-order valence-corrected chi connectivity index (χ1v) is 7.59. The topological polar surface area (TPSA) is 55.1 Å². The minimum Gasteiger partial charge on any atom is -0.355 e. The molecule has 1 atom stereocenters. The maximum atomic E-state index is 11.7. The van der Waals surface area contributed by atoms with Gasteiger partial charge in [-0.1, -0.05) is 34.5 Å². The summed E-state index contributed by atoms with van der Waals surface area (Å²) in [4.78, 5) is 11.7. The van der Waals surface area contributed by atoms with Gasteiger partial charge in [0.1, 0.15) is 0 Å².